The maximum Gasteiger partial charge on any atom is 0.237 e. The van der Waals surface area contributed by atoms with Crippen LogP contribution in [0.25, 0.3) is 0 Å². The number of aryl methyl sites for hydroxylation is 1. The average Bonchev–Trinajstić information content (AvgIpc) is 3.22. The number of guanidine groups is 1. The molecule has 0 unspecified atom stereocenters. The van der Waals surface area contributed by atoms with Gasteiger partial charge in [0.05, 0.1) is 43.1 Å². The first-order valence-corrected chi connectivity index (χ1v) is 22.1. The van der Waals surface area contributed by atoms with Crippen LogP contribution >= 0.6 is 12.6 Å². The summed E-state index contributed by atoms with van der Waals surface area (Å²) in [7, 11) is 0. The Balaban J connectivity index is 2.38. The van der Waals surface area contributed by atoms with Crippen LogP contribution in [0.3, 0.4) is 0 Å². The van der Waals surface area contributed by atoms with Gasteiger partial charge in [-0.1, -0.05) is 32.6 Å². The van der Waals surface area contributed by atoms with Gasteiger partial charge in [-0.15, -0.1) is 0 Å². The van der Waals surface area contributed by atoms with Crippen LogP contribution in [0.1, 0.15) is 121 Å². The highest BCUT2D eigenvalue weighted by Gasteiger charge is 2.18. The van der Waals surface area contributed by atoms with Crippen molar-refractivity contribution in [3.63, 3.8) is 0 Å². The standard InChI is InChI=1S/C41H76N12O6S/c1-2-28-25-35(58-23-21-52-40(57)33(45)16-10-11-19-50-38(55)31(43)15-6-4-8-18-37(46)47)36(26-29(28)27-60)59-24-22-51-39(56)32(44)14-5-3-7-17-34(54)30(42)13-9-12-20-53-41(48)49/h25-26,30-33,60H,2-24,27,42-45H2,1H3,(H3,46,47)(H,50,55)(H,51,56)(H,52,57)(H4,48,49,53)/t30-,31-,32-,33-/m0/s1. The van der Waals surface area contributed by atoms with Crippen molar-refractivity contribution < 1.29 is 28.7 Å². The summed E-state index contributed by atoms with van der Waals surface area (Å²) < 4.78 is 12.1. The molecule has 0 saturated heterocycles. The zero-order valence-electron chi connectivity index (χ0n) is 35.8. The zero-order chi connectivity index (χ0) is 44.7. The summed E-state index contributed by atoms with van der Waals surface area (Å²) in [4.78, 5) is 53.8. The van der Waals surface area contributed by atoms with E-state index < -0.39 is 24.2 Å². The Morgan fingerprint density at radius 2 is 1.08 bits per heavy atom. The van der Waals surface area contributed by atoms with E-state index >= 15 is 0 Å². The molecule has 342 valence electrons. The molecule has 4 atom stereocenters. The molecule has 1 aromatic rings. The average molecular weight is 865 g/mol. The molecule has 0 aliphatic rings. The van der Waals surface area contributed by atoms with Gasteiger partial charge in [-0.25, -0.2) is 0 Å². The van der Waals surface area contributed by atoms with Crippen LogP contribution in [-0.4, -0.2) is 98.9 Å². The first-order chi connectivity index (χ1) is 28.7. The van der Waals surface area contributed by atoms with E-state index in [1.807, 2.05) is 19.1 Å². The molecule has 1 rings (SSSR count). The van der Waals surface area contributed by atoms with Crippen molar-refractivity contribution in [2.24, 2.45) is 45.1 Å². The van der Waals surface area contributed by atoms with Crippen molar-refractivity contribution in [3.8, 4) is 11.5 Å². The lowest BCUT2D eigenvalue weighted by atomic mass is 10.0. The maximum absolute atomic E-state index is 12.6. The van der Waals surface area contributed by atoms with Gasteiger partial charge in [0.25, 0.3) is 0 Å². The summed E-state index contributed by atoms with van der Waals surface area (Å²) in [5.41, 5.74) is 42.3. The van der Waals surface area contributed by atoms with Gasteiger partial charge in [0.1, 0.15) is 19.0 Å². The molecule has 0 spiro atoms. The zero-order valence-corrected chi connectivity index (χ0v) is 36.7. The molecule has 0 radical (unpaired) electrons. The number of ether oxygens (including phenoxy) is 2. The lowest BCUT2D eigenvalue weighted by molar-refractivity contribution is -0.123. The van der Waals surface area contributed by atoms with Crippen LogP contribution in [-0.2, 0) is 31.4 Å². The van der Waals surface area contributed by atoms with Crippen LogP contribution in [0.2, 0.25) is 0 Å². The third-order valence-electron chi connectivity index (χ3n) is 9.92. The predicted octanol–water partition coefficient (Wildman–Crippen LogP) is 1.11. The van der Waals surface area contributed by atoms with E-state index in [1.165, 1.54) is 0 Å². The molecule has 18 nitrogen and oxygen atoms in total. The quantitative estimate of drug-likeness (QED) is 0.0195. The number of Topliss-reactive ketones (excluding diaryl/α,β-unsaturated/α-hetero) is 1. The van der Waals surface area contributed by atoms with Gasteiger partial charge < -0.3 is 65.6 Å². The minimum Gasteiger partial charge on any atom is -0.488 e. The summed E-state index contributed by atoms with van der Waals surface area (Å²) in [6.07, 6.45) is 11.3. The van der Waals surface area contributed by atoms with Crippen LogP contribution in [0, 0.1) is 5.41 Å². The fourth-order valence-electron chi connectivity index (χ4n) is 6.23. The summed E-state index contributed by atoms with van der Waals surface area (Å²) in [5.74, 6) is 0.991. The normalized spacial score (nSPS) is 13.0. The van der Waals surface area contributed by atoms with Crippen LogP contribution in [0.5, 0.6) is 11.5 Å². The second-order valence-electron chi connectivity index (χ2n) is 15.1. The van der Waals surface area contributed by atoms with Crippen molar-refractivity contribution in [2.45, 2.75) is 146 Å². The minimum absolute atomic E-state index is 0.0298. The van der Waals surface area contributed by atoms with Gasteiger partial charge in [0, 0.05) is 31.7 Å². The van der Waals surface area contributed by atoms with Crippen molar-refractivity contribution in [2.75, 3.05) is 39.4 Å². The third-order valence-corrected chi connectivity index (χ3v) is 10.3. The smallest absolute Gasteiger partial charge is 0.237 e. The number of hydrogen-bond acceptors (Lipinski definition) is 13. The summed E-state index contributed by atoms with van der Waals surface area (Å²) in [6.45, 7) is 3.81. The highest BCUT2D eigenvalue weighted by molar-refractivity contribution is 7.79. The lowest BCUT2D eigenvalue weighted by Crippen LogP contribution is -2.42. The molecule has 18 N–H and O–H groups in total. The van der Waals surface area contributed by atoms with Crippen LogP contribution in [0.15, 0.2) is 17.1 Å². The molecule has 0 aliphatic carbocycles. The fraction of sp³-hybridized carbons (Fsp3) is 0.707. The lowest BCUT2D eigenvalue weighted by Gasteiger charge is -2.18. The van der Waals surface area contributed by atoms with Gasteiger partial charge in [-0.3, -0.25) is 29.6 Å². The van der Waals surface area contributed by atoms with E-state index in [0.29, 0.717) is 94.5 Å². The van der Waals surface area contributed by atoms with E-state index in [-0.39, 0.29) is 61.6 Å². The molecule has 0 aliphatic heterocycles. The molecule has 0 fully saturated rings. The second-order valence-corrected chi connectivity index (χ2v) is 15.4. The molecule has 3 amide bonds. The van der Waals surface area contributed by atoms with Gasteiger partial charge in [0.2, 0.25) is 17.7 Å². The fourth-order valence-corrected chi connectivity index (χ4v) is 6.53. The highest BCUT2D eigenvalue weighted by Crippen LogP contribution is 2.32. The van der Waals surface area contributed by atoms with Gasteiger partial charge in [-0.05, 0) is 93.9 Å². The third kappa shape index (κ3) is 24.8. The number of aliphatic imine (C=N–C) groups is 1. The number of hydrogen-bond donors (Lipinski definition) is 12. The summed E-state index contributed by atoms with van der Waals surface area (Å²) in [6, 6.07) is 1.33. The molecule has 60 heavy (non-hydrogen) atoms. The molecule has 0 aromatic heterocycles. The van der Waals surface area contributed by atoms with Crippen molar-refractivity contribution in [3.05, 3.63) is 23.3 Å². The minimum atomic E-state index is -0.702. The number of ketones is 1. The maximum atomic E-state index is 12.6. The van der Waals surface area contributed by atoms with Gasteiger partial charge >= 0.3 is 0 Å². The predicted molar refractivity (Wildman–Crippen MR) is 242 cm³/mol. The Hall–Kier alpha value is -4.17. The van der Waals surface area contributed by atoms with E-state index in [9.17, 15) is 19.2 Å². The first kappa shape index (κ1) is 53.8. The Morgan fingerprint density at radius 1 is 0.633 bits per heavy atom. The van der Waals surface area contributed by atoms with Crippen LogP contribution < -0.4 is 65.6 Å². The molecule has 0 bridgehead atoms. The van der Waals surface area contributed by atoms with E-state index in [0.717, 1.165) is 56.1 Å². The highest BCUT2D eigenvalue weighted by atomic mass is 32.1. The number of unbranched alkanes of at least 4 members (excludes halogenated alkanes) is 6. The van der Waals surface area contributed by atoms with Crippen molar-refractivity contribution >= 4 is 47.9 Å². The van der Waals surface area contributed by atoms with Gasteiger partial charge in [0.15, 0.2) is 17.5 Å². The summed E-state index contributed by atoms with van der Waals surface area (Å²) >= 11 is 4.47. The number of amides is 3. The second kappa shape index (κ2) is 32.6. The molecular weight excluding hydrogens is 789 g/mol. The van der Waals surface area contributed by atoms with Crippen molar-refractivity contribution in [1.29, 1.82) is 5.41 Å². The largest absolute Gasteiger partial charge is 0.488 e. The monoisotopic (exact) mass is 865 g/mol. The molecule has 19 heteroatoms. The van der Waals surface area contributed by atoms with Crippen molar-refractivity contribution in [1.82, 2.24) is 16.0 Å². The first-order valence-electron chi connectivity index (χ1n) is 21.5. The summed E-state index contributed by atoms with van der Waals surface area (Å²) in [5, 5.41) is 15.7. The number of benzene rings is 1. The Morgan fingerprint density at radius 3 is 1.57 bits per heavy atom. The number of nitrogens with two attached hydrogens (primary N) is 7. The SMILES string of the molecule is CCc1cc(OCCNC(=O)[C@@H](N)CCCCNC(=O)[C@@H](N)CCCCCC(=N)N)c(OCCNC(=O)[C@@H](N)CCCCCC(=O)[C@@H](N)CCCCN=C(N)N)cc1CS. The number of carbonyl (C=O) groups excluding carboxylic acids is 4. The number of nitrogens with one attached hydrogen (secondary N) is 4. The topological polar surface area (TPSA) is 341 Å². The molecular formula is C41H76N12O6S. The van der Waals surface area contributed by atoms with Gasteiger partial charge in [-0.2, -0.15) is 12.6 Å². The van der Waals surface area contributed by atoms with E-state index in [2.05, 4.69) is 33.6 Å². The number of rotatable bonds is 36. The van der Waals surface area contributed by atoms with E-state index in [1.54, 1.807) is 0 Å². The number of thiol groups is 1. The Labute approximate surface area is 362 Å². The number of amidine groups is 1. The Bertz CT molecular complexity index is 1470. The molecule has 1 aromatic carbocycles. The van der Waals surface area contributed by atoms with Crippen LogP contribution in [0.4, 0.5) is 0 Å². The molecule has 0 heterocycles. The Kier molecular flexibility index (Phi) is 29.2. The number of nitrogens with zero attached hydrogens (tertiary/aromatic N) is 1. The number of carbonyl (C=O) groups is 4. The molecule has 0 saturated carbocycles. The van der Waals surface area contributed by atoms with E-state index in [4.69, 9.17) is 55.0 Å².